The van der Waals surface area contributed by atoms with E-state index in [9.17, 15) is 13.5 Å². The molecule has 3 rings (SSSR count). The van der Waals surface area contributed by atoms with Crippen LogP contribution >= 0.6 is 0 Å². The highest BCUT2D eigenvalue weighted by Crippen LogP contribution is 2.32. The Labute approximate surface area is 130 Å². The first-order chi connectivity index (χ1) is 10.5. The van der Waals surface area contributed by atoms with Gasteiger partial charge in [0.25, 0.3) is 0 Å². The van der Waals surface area contributed by atoms with E-state index in [-0.39, 0.29) is 5.75 Å². The second kappa shape index (κ2) is 5.83. The molecule has 1 aliphatic rings. The van der Waals surface area contributed by atoms with Crippen LogP contribution in [0.2, 0.25) is 0 Å². The quantitative estimate of drug-likeness (QED) is 0.907. The number of sulfonamides is 1. The zero-order valence-corrected chi connectivity index (χ0v) is 13.2. The Kier molecular flexibility index (Phi) is 4.04. The average Bonchev–Trinajstić information content (AvgIpc) is 2.77. The number of hydrogen-bond acceptors (Lipinski definition) is 3. The lowest BCUT2D eigenvalue weighted by Gasteiger charge is -2.18. The van der Waals surface area contributed by atoms with E-state index in [4.69, 9.17) is 0 Å². The van der Waals surface area contributed by atoms with E-state index < -0.39 is 22.2 Å². The van der Waals surface area contributed by atoms with Crippen LogP contribution in [0.15, 0.2) is 48.5 Å². The zero-order chi connectivity index (χ0) is 15.7. The molecule has 0 saturated heterocycles. The molecule has 22 heavy (non-hydrogen) atoms. The van der Waals surface area contributed by atoms with Gasteiger partial charge in [-0.3, -0.25) is 0 Å². The minimum absolute atomic E-state index is 0.0783. The van der Waals surface area contributed by atoms with Crippen LogP contribution in [0.5, 0.6) is 0 Å². The predicted molar refractivity (Wildman–Crippen MR) is 85.8 cm³/mol. The molecule has 116 valence electrons. The van der Waals surface area contributed by atoms with Crippen molar-refractivity contribution >= 4 is 10.0 Å². The summed E-state index contributed by atoms with van der Waals surface area (Å²) in [5.41, 5.74) is 3.58. The van der Waals surface area contributed by atoms with Crippen LogP contribution in [0.1, 0.15) is 28.3 Å². The van der Waals surface area contributed by atoms with Crippen molar-refractivity contribution in [3.8, 4) is 0 Å². The van der Waals surface area contributed by atoms with E-state index in [0.29, 0.717) is 6.42 Å². The average molecular weight is 317 g/mol. The predicted octanol–water partition coefficient (Wildman–Crippen LogP) is 2.07. The summed E-state index contributed by atoms with van der Waals surface area (Å²) in [5, 5.41) is 10.2. The summed E-state index contributed by atoms with van der Waals surface area (Å²) < 4.78 is 27.5. The Morgan fingerprint density at radius 2 is 1.82 bits per heavy atom. The van der Waals surface area contributed by atoms with E-state index >= 15 is 0 Å². The zero-order valence-electron chi connectivity index (χ0n) is 12.4. The highest BCUT2D eigenvalue weighted by Gasteiger charge is 2.33. The minimum Gasteiger partial charge on any atom is -0.391 e. The van der Waals surface area contributed by atoms with E-state index in [1.54, 1.807) is 0 Å². The minimum atomic E-state index is -3.53. The Hall–Kier alpha value is -1.69. The number of aliphatic hydroxyl groups is 1. The fourth-order valence-electron chi connectivity index (χ4n) is 2.93. The lowest BCUT2D eigenvalue weighted by Crippen LogP contribution is -2.34. The van der Waals surface area contributed by atoms with Gasteiger partial charge in [-0.2, -0.15) is 0 Å². The first-order valence-corrected chi connectivity index (χ1v) is 8.92. The molecule has 0 heterocycles. The van der Waals surface area contributed by atoms with Crippen LogP contribution < -0.4 is 4.72 Å². The molecule has 0 bridgehead atoms. The first-order valence-electron chi connectivity index (χ1n) is 7.27. The number of benzene rings is 2. The summed E-state index contributed by atoms with van der Waals surface area (Å²) >= 11 is 0. The van der Waals surface area contributed by atoms with E-state index in [1.165, 1.54) is 0 Å². The molecule has 5 heteroatoms. The maximum atomic E-state index is 12.4. The van der Waals surface area contributed by atoms with Gasteiger partial charge in [-0.15, -0.1) is 0 Å². The molecule has 0 spiro atoms. The standard InChI is InChI=1S/C17H19NO3S/c1-12-6-2-3-8-14(12)11-22(20,21)18-17-15-9-5-4-7-13(15)10-16(17)19/h2-9,16-19H,10-11H2,1H3/t16-,17-/m0/s1. The van der Waals surface area contributed by atoms with Crippen molar-refractivity contribution in [2.24, 2.45) is 0 Å². The van der Waals surface area contributed by atoms with Crippen LogP contribution in [0.3, 0.4) is 0 Å². The third kappa shape index (κ3) is 3.06. The summed E-state index contributed by atoms with van der Waals surface area (Å²) in [6.45, 7) is 1.89. The molecule has 2 atom stereocenters. The SMILES string of the molecule is Cc1ccccc1CS(=O)(=O)N[C@H]1c2ccccc2C[C@@H]1O. The van der Waals surface area contributed by atoms with E-state index in [1.807, 2.05) is 55.5 Å². The summed E-state index contributed by atoms with van der Waals surface area (Å²) in [6.07, 6.45) is -0.239. The van der Waals surface area contributed by atoms with Crippen LogP contribution in [-0.4, -0.2) is 19.6 Å². The molecule has 0 fully saturated rings. The monoisotopic (exact) mass is 317 g/mol. The van der Waals surface area contributed by atoms with Gasteiger partial charge in [0.05, 0.1) is 17.9 Å². The number of hydrogen-bond donors (Lipinski definition) is 2. The van der Waals surface area contributed by atoms with Gasteiger partial charge in [0.2, 0.25) is 10.0 Å². The molecule has 4 nitrogen and oxygen atoms in total. The first kappa shape index (κ1) is 15.2. The van der Waals surface area contributed by atoms with Crippen LogP contribution in [0, 0.1) is 6.92 Å². The number of nitrogens with one attached hydrogen (secondary N) is 1. The normalized spacial score (nSPS) is 20.8. The molecule has 1 aliphatic carbocycles. The maximum absolute atomic E-state index is 12.4. The maximum Gasteiger partial charge on any atom is 0.216 e. The molecule has 0 aliphatic heterocycles. The third-order valence-electron chi connectivity index (χ3n) is 4.12. The number of aryl methyl sites for hydroxylation is 1. The third-order valence-corrected chi connectivity index (χ3v) is 5.42. The molecular formula is C17H19NO3S. The van der Waals surface area contributed by atoms with Gasteiger partial charge in [0.15, 0.2) is 0 Å². The fraction of sp³-hybridized carbons (Fsp3) is 0.294. The van der Waals surface area contributed by atoms with Crippen molar-refractivity contribution in [3.63, 3.8) is 0 Å². The van der Waals surface area contributed by atoms with Crippen LogP contribution in [-0.2, 0) is 22.2 Å². The summed E-state index contributed by atoms with van der Waals surface area (Å²) in [4.78, 5) is 0. The van der Waals surface area contributed by atoms with Gasteiger partial charge >= 0.3 is 0 Å². The lowest BCUT2D eigenvalue weighted by molar-refractivity contribution is 0.151. The molecule has 0 radical (unpaired) electrons. The number of aliphatic hydroxyl groups excluding tert-OH is 1. The van der Waals surface area contributed by atoms with Crippen molar-refractivity contribution in [2.45, 2.75) is 31.2 Å². The number of fused-ring (bicyclic) bond motifs is 1. The van der Waals surface area contributed by atoms with Crippen molar-refractivity contribution in [2.75, 3.05) is 0 Å². The van der Waals surface area contributed by atoms with Gasteiger partial charge in [-0.05, 0) is 29.2 Å². The topological polar surface area (TPSA) is 66.4 Å². The van der Waals surface area contributed by atoms with Crippen molar-refractivity contribution in [3.05, 3.63) is 70.8 Å². The fourth-order valence-corrected chi connectivity index (χ4v) is 4.42. The molecule has 0 unspecified atom stereocenters. The smallest absolute Gasteiger partial charge is 0.216 e. The Morgan fingerprint density at radius 1 is 1.14 bits per heavy atom. The molecule has 2 N–H and O–H groups in total. The Bertz CT molecular complexity index is 786. The van der Waals surface area contributed by atoms with E-state index in [0.717, 1.165) is 22.3 Å². The molecule has 0 aromatic heterocycles. The van der Waals surface area contributed by atoms with Gasteiger partial charge in [0.1, 0.15) is 0 Å². The van der Waals surface area contributed by atoms with Gasteiger partial charge in [0, 0.05) is 6.42 Å². The molecule has 0 saturated carbocycles. The van der Waals surface area contributed by atoms with Gasteiger partial charge in [-0.25, -0.2) is 13.1 Å². The highest BCUT2D eigenvalue weighted by atomic mass is 32.2. The summed E-state index contributed by atoms with van der Waals surface area (Å²) in [7, 11) is -3.53. The number of rotatable bonds is 4. The lowest BCUT2D eigenvalue weighted by atomic mass is 10.1. The van der Waals surface area contributed by atoms with Crippen LogP contribution in [0.25, 0.3) is 0 Å². The summed E-state index contributed by atoms with van der Waals surface area (Å²) in [6, 6.07) is 14.4. The summed E-state index contributed by atoms with van der Waals surface area (Å²) in [5.74, 6) is -0.0783. The van der Waals surface area contributed by atoms with Crippen LogP contribution in [0.4, 0.5) is 0 Å². The second-order valence-electron chi connectivity index (χ2n) is 5.75. The van der Waals surface area contributed by atoms with E-state index in [2.05, 4.69) is 4.72 Å². The van der Waals surface area contributed by atoms with Crippen molar-refractivity contribution in [1.82, 2.24) is 4.72 Å². The molecule has 0 amide bonds. The Morgan fingerprint density at radius 3 is 2.59 bits per heavy atom. The molecule has 2 aromatic carbocycles. The molecular weight excluding hydrogens is 298 g/mol. The van der Waals surface area contributed by atoms with Gasteiger partial charge < -0.3 is 5.11 Å². The second-order valence-corrected chi connectivity index (χ2v) is 7.51. The largest absolute Gasteiger partial charge is 0.391 e. The Balaban J connectivity index is 1.82. The molecule has 2 aromatic rings. The van der Waals surface area contributed by atoms with Gasteiger partial charge in [-0.1, -0.05) is 48.5 Å². The highest BCUT2D eigenvalue weighted by molar-refractivity contribution is 7.88. The van der Waals surface area contributed by atoms with Crippen molar-refractivity contribution < 1.29 is 13.5 Å². The van der Waals surface area contributed by atoms with Crippen molar-refractivity contribution in [1.29, 1.82) is 0 Å².